The number of carboxylic acid groups (broad SMARTS) is 1. The molecule has 0 saturated carbocycles. The third kappa shape index (κ3) is 10.0. The Hall–Kier alpha value is -2.83. The number of aromatic hydroxyl groups is 1. The Balaban J connectivity index is 2.93. The number of aliphatic hydroxyl groups is 1. The van der Waals surface area contributed by atoms with Crippen LogP contribution in [-0.2, 0) is 25.6 Å². The number of hydrogen-bond acceptors (Lipinski definition) is 8. The number of hydrogen-bond donors (Lipinski definition) is 7. The molecule has 6 unspecified atom stereocenters. The molecule has 1 aromatic carbocycles. The van der Waals surface area contributed by atoms with Crippen molar-refractivity contribution in [2.45, 2.75) is 70.3 Å². The minimum Gasteiger partial charge on any atom is -0.508 e. The Morgan fingerprint density at radius 2 is 1.53 bits per heavy atom. The van der Waals surface area contributed by atoms with E-state index in [2.05, 4.69) is 16.0 Å². The summed E-state index contributed by atoms with van der Waals surface area (Å²) >= 11 is 1.42. The number of rotatable bonds is 15. The predicted octanol–water partition coefficient (Wildman–Crippen LogP) is -0.0190. The third-order valence-corrected chi connectivity index (χ3v) is 6.45. The van der Waals surface area contributed by atoms with Crippen molar-refractivity contribution < 1.29 is 34.5 Å². The van der Waals surface area contributed by atoms with Crippen LogP contribution in [0.25, 0.3) is 0 Å². The number of thioether (sulfide) groups is 1. The molecule has 3 amide bonds. The van der Waals surface area contributed by atoms with Crippen LogP contribution in [0.3, 0.4) is 0 Å². The number of carbonyl (C=O) groups excluding carboxylic acids is 3. The molecule has 12 heteroatoms. The monoisotopic (exact) mass is 526 g/mol. The van der Waals surface area contributed by atoms with E-state index in [1.165, 1.54) is 30.8 Å². The minimum atomic E-state index is -1.43. The van der Waals surface area contributed by atoms with Gasteiger partial charge in [0.1, 0.15) is 23.9 Å². The summed E-state index contributed by atoms with van der Waals surface area (Å²) in [5, 5.41) is 36.3. The van der Waals surface area contributed by atoms with Crippen LogP contribution in [0.4, 0.5) is 0 Å². The second-order valence-electron chi connectivity index (χ2n) is 8.76. The van der Waals surface area contributed by atoms with Gasteiger partial charge in [-0.15, -0.1) is 0 Å². The highest BCUT2D eigenvalue weighted by molar-refractivity contribution is 7.98. The first-order valence-corrected chi connectivity index (χ1v) is 13.1. The van der Waals surface area contributed by atoms with Gasteiger partial charge in [-0.25, -0.2) is 4.79 Å². The zero-order chi connectivity index (χ0) is 27.4. The molecule has 0 radical (unpaired) electrons. The molecule has 0 aromatic heterocycles. The summed E-state index contributed by atoms with van der Waals surface area (Å²) in [4.78, 5) is 50.1. The number of phenols is 1. The van der Waals surface area contributed by atoms with E-state index in [9.17, 15) is 34.5 Å². The van der Waals surface area contributed by atoms with Gasteiger partial charge in [0.05, 0.1) is 12.1 Å². The van der Waals surface area contributed by atoms with Gasteiger partial charge >= 0.3 is 5.97 Å². The van der Waals surface area contributed by atoms with Crippen molar-refractivity contribution in [3.63, 3.8) is 0 Å². The van der Waals surface area contributed by atoms with Gasteiger partial charge in [-0.2, -0.15) is 11.8 Å². The van der Waals surface area contributed by atoms with Gasteiger partial charge in [0.15, 0.2) is 0 Å². The van der Waals surface area contributed by atoms with Crippen LogP contribution < -0.4 is 21.7 Å². The normalized spacial score (nSPS) is 16.1. The van der Waals surface area contributed by atoms with E-state index in [1.54, 1.807) is 25.3 Å². The van der Waals surface area contributed by atoms with E-state index < -0.39 is 54.0 Å². The van der Waals surface area contributed by atoms with Crippen LogP contribution in [0.1, 0.15) is 39.2 Å². The van der Waals surface area contributed by atoms with Crippen LogP contribution in [-0.4, -0.2) is 81.3 Å². The van der Waals surface area contributed by atoms with Crippen molar-refractivity contribution in [1.29, 1.82) is 0 Å². The fourth-order valence-corrected chi connectivity index (χ4v) is 3.82. The number of carbonyl (C=O) groups is 4. The molecule has 0 bridgehead atoms. The number of phenolic OH excluding ortho intramolecular Hbond substituents is 1. The topological polar surface area (TPSA) is 191 Å². The molecule has 0 spiro atoms. The van der Waals surface area contributed by atoms with Crippen molar-refractivity contribution in [2.75, 3.05) is 12.0 Å². The lowest BCUT2D eigenvalue weighted by Gasteiger charge is -2.29. The fraction of sp³-hybridized carbons (Fsp3) is 0.583. The maximum atomic E-state index is 13.1. The van der Waals surface area contributed by atoms with Gasteiger partial charge in [0.2, 0.25) is 17.7 Å². The van der Waals surface area contributed by atoms with Gasteiger partial charge < -0.3 is 37.0 Å². The van der Waals surface area contributed by atoms with E-state index in [4.69, 9.17) is 5.73 Å². The van der Waals surface area contributed by atoms with E-state index in [0.717, 1.165) is 5.56 Å². The Bertz CT molecular complexity index is 882. The zero-order valence-corrected chi connectivity index (χ0v) is 21.9. The van der Waals surface area contributed by atoms with Crippen molar-refractivity contribution in [3.05, 3.63) is 29.8 Å². The van der Waals surface area contributed by atoms with Gasteiger partial charge in [-0.05, 0) is 55.4 Å². The molecule has 0 aliphatic rings. The third-order valence-electron chi connectivity index (χ3n) is 5.81. The lowest BCUT2D eigenvalue weighted by Crippen LogP contribution is -2.61. The molecular formula is C24H38N4O7S. The average molecular weight is 527 g/mol. The molecule has 36 heavy (non-hydrogen) atoms. The molecule has 0 aliphatic carbocycles. The molecule has 0 saturated heterocycles. The van der Waals surface area contributed by atoms with E-state index >= 15 is 0 Å². The first kappa shape index (κ1) is 31.2. The Morgan fingerprint density at radius 3 is 2.03 bits per heavy atom. The summed E-state index contributed by atoms with van der Waals surface area (Å²) in [6.45, 7) is 4.87. The highest BCUT2D eigenvalue weighted by Crippen LogP contribution is 2.13. The summed E-state index contributed by atoms with van der Waals surface area (Å²) in [7, 11) is 0. The molecule has 0 aliphatic heterocycles. The van der Waals surface area contributed by atoms with E-state index in [1.807, 2.05) is 6.92 Å². The van der Waals surface area contributed by atoms with Crippen molar-refractivity contribution in [1.82, 2.24) is 16.0 Å². The van der Waals surface area contributed by atoms with Crippen molar-refractivity contribution in [3.8, 4) is 5.75 Å². The van der Waals surface area contributed by atoms with Crippen LogP contribution in [0.15, 0.2) is 24.3 Å². The molecule has 8 N–H and O–H groups in total. The molecule has 1 aromatic rings. The summed E-state index contributed by atoms with van der Waals surface area (Å²) in [5.74, 6) is -3.10. The lowest BCUT2D eigenvalue weighted by molar-refractivity contribution is -0.143. The number of carboxylic acids is 1. The largest absolute Gasteiger partial charge is 0.508 e. The summed E-state index contributed by atoms with van der Waals surface area (Å²) < 4.78 is 0. The molecule has 202 valence electrons. The number of aliphatic hydroxyl groups excluding tert-OH is 1. The first-order chi connectivity index (χ1) is 16.9. The number of amides is 3. The summed E-state index contributed by atoms with van der Waals surface area (Å²) in [5.41, 5.74) is 6.75. The van der Waals surface area contributed by atoms with Crippen LogP contribution >= 0.6 is 11.8 Å². The second-order valence-corrected chi connectivity index (χ2v) is 9.74. The summed E-state index contributed by atoms with van der Waals surface area (Å²) in [6.07, 6.45) is 1.35. The van der Waals surface area contributed by atoms with Crippen LogP contribution in [0, 0.1) is 5.92 Å². The molecular weight excluding hydrogens is 488 g/mol. The highest BCUT2D eigenvalue weighted by atomic mass is 32.2. The molecule has 6 atom stereocenters. The van der Waals surface area contributed by atoms with Gasteiger partial charge in [-0.1, -0.05) is 32.4 Å². The van der Waals surface area contributed by atoms with Gasteiger partial charge in [0, 0.05) is 0 Å². The number of aliphatic carboxylic acids is 1. The Morgan fingerprint density at radius 1 is 0.972 bits per heavy atom. The Kier molecular flexibility index (Phi) is 13.3. The first-order valence-electron chi connectivity index (χ1n) is 11.8. The van der Waals surface area contributed by atoms with Gasteiger partial charge in [0.25, 0.3) is 0 Å². The Labute approximate surface area is 215 Å². The SMILES string of the molecule is CCC(C)C(NC(=O)C(N)Cc1ccc(O)cc1)C(=O)NC(C(=O)NC(CCSC)C(=O)O)C(C)O. The smallest absolute Gasteiger partial charge is 0.326 e. The quantitative estimate of drug-likeness (QED) is 0.165. The number of nitrogens with one attached hydrogen (secondary N) is 3. The summed E-state index contributed by atoms with van der Waals surface area (Å²) in [6, 6.07) is 1.60. The predicted molar refractivity (Wildman–Crippen MR) is 137 cm³/mol. The zero-order valence-electron chi connectivity index (χ0n) is 21.1. The fourth-order valence-electron chi connectivity index (χ4n) is 3.34. The van der Waals surface area contributed by atoms with Crippen molar-refractivity contribution >= 4 is 35.5 Å². The average Bonchev–Trinajstić information content (AvgIpc) is 2.83. The molecule has 0 fully saturated rings. The second kappa shape index (κ2) is 15.3. The van der Waals surface area contributed by atoms with Crippen LogP contribution in [0.2, 0.25) is 0 Å². The lowest BCUT2D eigenvalue weighted by atomic mass is 9.96. The minimum absolute atomic E-state index is 0.0842. The number of nitrogens with two attached hydrogens (primary N) is 1. The van der Waals surface area contributed by atoms with Crippen molar-refractivity contribution in [2.24, 2.45) is 11.7 Å². The van der Waals surface area contributed by atoms with Crippen LogP contribution in [0.5, 0.6) is 5.75 Å². The maximum Gasteiger partial charge on any atom is 0.326 e. The van der Waals surface area contributed by atoms with E-state index in [0.29, 0.717) is 12.2 Å². The molecule has 0 heterocycles. The maximum absolute atomic E-state index is 13.1. The van der Waals surface area contributed by atoms with E-state index in [-0.39, 0.29) is 24.5 Å². The highest BCUT2D eigenvalue weighted by Gasteiger charge is 2.34. The number of benzene rings is 1. The van der Waals surface area contributed by atoms with Gasteiger partial charge in [-0.3, -0.25) is 14.4 Å². The molecule has 11 nitrogen and oxygen atoms in total. The molecule has 1 rings (SSSR count). The standard InChI is InChI=1S/C24H38N4O7S/c1-5-13(2)19(27-21(31)17(25)12-15-6-8-16(30)9-7-15)22(32)28-20(14(3)29)23(33)26-18(24(34)35)10-11-36-4/h6-9,13-14,17-20,29-30H,5,10-12,25H2,1-4H3,(H,26,33)(H,27,31)(H,28,32)(H,34,35).